The van der Waals surface area contributed by atoms with Crippen molar-refractivity contribution in [2.75, 3.05) is 5.32 Å². The number of hydrogen-bond acceptors (Lipinski definition) is 4. The Kier molecular flexibility index (Phi) is 4.72. The van der Waals surface area contributed by atoms with Gasteiger partial charge in [-0.1, -0.05) is 11.6 Å². The van der Waals surface area contributed by atoms with E-state index in [0.717, 1.165) is 5.38 Å². The number of hydrogen-bond donors (Lipinski definition) is 1. The summed E-state index contributed by atoms with van der Waals surface area (Å²) >= 11 is 6.83. The number of alkyl halides is 3. The Labute approximate surface area is 153 Å². The summed E-state index contributed by atoms with van der Waals surface area (Å²) in [6.45, 7) is 1.52. The molecule has 3 aromatic rings. The molecular weight excluding hydrogens is 396 g/mol. The fourth-order valence-corrected chi connectivity index (χ4v) is 3.20. The predicted molar refractivity (Wildman–Crippen MR) is 88.3 cm³/mol. The molecule has 0 unspecified atom stereocenters. The third-order valence-corrected chi connectivity index (χ3v) is 4.42. The Balaban J connectivity index is 1.88. The highest BCUT2D eigenvalue weighted by Gasteiger charge is 2.34. The van der Waals surface area contributed by atoms with Crippen molar-refractivity contribution in [1.29, 1.82) is 0 Å². The van der Waals surface area contributed by atoms with Crippen LogP contribution in [0.2, 0.25) is 5.15 Å². The van der Waals surface area contributed by atoms with Gasteiger partial charge in [-0.15, -0.1) is 11.3 Å². The molecule has 0 saturated heterocycles. The van der Waals surface area contributed by atoms with Crippen LogP contribution in [-0.2, 0) is 6.18 Å². The highest BCUT2D eigenvalue weighted by Crippen LogP contribution is 2.32. The molecule has 0 spiro atoms. The summed E-state index contributed by atoms with van der Waals surface area (Å²) in [6.07, 6.45) is -4.60. The van der Waals surface area contributed by atoms with Gasteiger partial charge in [-0.25, -0.2) is 14.1 Å². The molecular formula is C15H9ClF4N4OS. The molecule has 136 valence electrons. The molecule has 1 amide bonds. The Morgan fingerprint density at radius 1 is 1.27 bits per heavy atom. The lowest BCUT2D eigenvalue weighted by Crippen LogP contribution is -2.13. The van der Waals surface area contributed by atoms with Crippen LogP contribution in [0.25, 0.3) is 5.69 Å². The van der Waals surface area contributed by atoms with Gasteiger partial charge < -0.3 is 0 Å². The molecule has 1 aromatic carbocycles. The molecule has 3 rings (SSSR count). The average molecular weight is 405 g/mol. The normalized spacial score (nSPS) is 11.6. The molecule has 26 heavy (non-hydrogen) atoms. The number of aromatic nitrogens is 3. The Morgan fingerprint density at radius 3 is 2.50 bits per heavy atom. The lowest BCUT2D eigenvalue weighted by Gasteiger charge is -2.04. The van der Waals surface area contributed by atoms with Crippen molar-refractivity contribution in [3.05, 3.63) is 57.6 Å². The monoisotopic (exact) mass is 404 g/mol. The Bertz CT molecular complexity index is 965. The number of carbonyl (C=O) groups excluding carboxylic acids is 1. The molecule has 0 atom stereocenters. The summed E-state index contributed by atoms with van der Waals surface area (Å²) < 4.78 is 52.0. The standard InChI is InChI=1S/C15H9ClF4N4OS/c1-7-11(12(16)24(23-7)9-4-2-8(17)3-5-9)13(25)22-14-21-10(6-26-14)15(18,19)20/h2-6H,1H3,(H,21,22,25). The molecule has 0 aliphatic rings. The zero-order chi connectivity index (χ0) is 19.1. The van der Waals surface area contributed by atoms with Gasteiger partial charge in [0.15, 0.2) is 10.8 Å². The van der Waals surface area contributed by atoms with Gasteiger partial charge in [-0.2, -0.15) is 18.3 Å². The van der Waals surface area contributed by atoms with Crippen LogP contribution in [-0.4, -0.2) is 20.7 Å². The molecule has 0 fully saturated rings. The Morgan fingerprint density at radius 2 is 1.92 bits per heavy atom. The average Bonchev–Trinajstić information content (AvgIpc) is 3.12. The molecule has 0 bridgehead atoms. The van der Waals surface area contributed by atoms with Gasteiger partial charge in [0.25, 0.3) is 5.91 Å². The second-order valence-corrected chi connectivity index (χ2v) is 6.35. The number of benzene rings is 1. The van der Waals surface area contributed by atoms with Crippen LogP contribution in [0.3, 0.4) is 0 Å². The minimum Gasteiger partial charge on any atom is -0.298 e. The van der Waals surface area contributed by atoms with E-state index in [-0.39, 0.29) is 21.5 Å². The molecule has 0 saturated carbocycles. The number of nitrogens with zero attached hydrogens (tertiary/aromatic N) is 3. The number of nitrogens with one attached hydrogen (secondary N) is 1. The third kappa shape index (κ3) is 3.56. The van der Waals surface area contributed by atoms with E-state index in [1.54, 1.807) is 0 Å². The van der Waals surface area contributed by atoms with E-state index >= 15 is 0 Å². The summed E-state index contributed by atoms with van der Waals surface area (Å²) in [7, 11) is 0. The third-order valence-electron chi connectivity index (χ3n) is 3.32. The molecule has 5 nitrogen and oxygen atoms in total. The van der Waals surface area contributed by atoms with Crippen LogP contribution in [0.5, 0.6) is 0 Å². The van der Waals surface area contributed by atoms with E-state index in [4.69, 9.17) is 11.6 Å². The molecule has 2 heterocycles. The number of amides is 1. The van der Waals surface area contributed by atoms with E-state index in [0.29, 0.717) is 17.0 Å². The van der Waals surface area contributed by atoms with Crippen LogP contribution in [0.15, 0.2) is 29.6 Å². The maximum atomic E-state index is 13.0. The van der Waals surface area contributed by atoms with Crippen molar-refractivity contribution in [2.45, 2.75) is 13.1 Å². The minimum absolute atomic E-state index is 0.0141. The maximum Gasteiger partial charge on any atom is 0.434 e. The second kappa shape index (κ2) is 6.69. The minimum atomic E-state index is -4.60. The summed E-state index contributed by atoms with van der Waals surface area (Å²) in [5, 5.41) is 6.92. The van der Waals surface area contributed by atoms with Crippen molar-refractivity contribution >= 4 is 34.0 Å². The second-order valence-electron chi connectivity index (χ2n) is 5.13. The number of carbonyl (C=O) groups is 1. The predicted octanol–water partition coefficient (Wildman–Crippen LogP) is 4.70. The highest BCUT2D eigenvalue weighted by molar-refractivity contribution is 7.14. The fourth-order valence-electron chi connectivity index (χ4n) is 2.13. The van der Waals surface area contributed by atoms with Crippen molar-refractivity contribution < 1.29 is 22.4 Å². The van der Waals surface area contributed by atoms with Gasteiger partial charge in [0, 0.05) is 5.38 Å². The van der Waals surface area contributed by atoms with Gasteiger partial charge in [0.1, 0.15) is 16.5 Å². The van der Waals surface area contributed by atoms with E-state index in [9.17, 15) is 22.4 Å². The zero-order valence-corrected chi connectivity index (χ0v) is 14.5. The van der Waals surface area contributed by atoms with Crippen LogP contribution in [0, 0.1) is 12.7 Å². The van der Waals surface area contributed by atoms with Gasteiger partial charge >= 0.3 is 6.18 Å². The van der Waals surface area contributed by atoms with Crippen LogP contribution in [0.1, 0.15) is 21.7 Å². The molecule has 0 radical (unpaired) electrons. The first kappa shape index (κ1) is 18.3. The van der Waals surface area contributed by atoms with Gasteiger partial charge in [-0.05, 0) is 31.2 Å². The number of halogens is 5. The molecule has 2 aromatic heterocycles. The highest BCUT2D eigenvalue weighted by atomic mass is 35.5. The van der Waals surface area contributed by atoms with Gasteiger partial charge in [0.05, 0.1) is 11.4 Å². The van der Waals surface area contributed by atoms with Crippen LogP contribution >= 0.6 is 22.9 Å². The van der Waals surface area contributed by atoms with E-state index in [1.807, 2.05) is 0 Å². The van der Waals surface area contributed by atoms with Gasteiger partial charge in [0.2, 0.25) is 0 Å². The Hall–Kier alpha value is -2.46. The SMILES string of the molecule is Cc1nn(-c2ccc(F)cc2)c(Cl)c1C(=O)Nc1nc(C(F)(F)F)cs1. The van der Waals surface area contributed by atoms with Crippen molar-refractivity contribution in [1.82, 2.24) is 14.8 Å². The van der Waals surface area contributed by atoms with Crippen molar-refractivity contribution in [2.24, 2.45) is 0 Å². The number of anilines is 1. The first-order chi connectivity index (χ1) is 12.2. The topological polar surface area (TPSA) is 59.8 Å². The fraction of sp³-hybridized carbons (Fsp3) is 0.133. The van der Waals surface area contributed by atoms with E-state index in [1.165, 1.54) is 35.9 Å². The first-order valence-corrected chi connectivity index (χ1v) is 8.27. The first-order valence-electron chi connectivity index (χ1n) is 7.02. The lowest BCUT2D eigenvalue weighted by atomic mass is 10.2. The molecule has 1 N–H and O–H groups in total. The van der Waals surface area contributed by atoms with E-state index < -0.39 is 23.6 Å². The zero-order valence-electron chi connectivity index (χ0n) is 12.9. The quantitative estimate of drug-likeness (QED) is 0.644. The summed E-state index contributed by atoms with van der Waals surface area (Å²) in [5.74, 6) is -1.19. The maximum absolute atomic E-state index is 13.0. The number of aryl methyl sites for hydroxylation is 1. The summed E-state index contributed by atoms with van der Waals surface area (Å²) in [4.78, 5) is 15.7. The number of rotatable bonds is 3. The van der Waals surface area contributed by atoms with Crippen LogP contribution in [0.4, 0.5) is 22.7 Å². The van der Waals surface area contributed by atoms with Gasteiger partial charge in [-0.3, -0.25) is 10.1 Å². The largest absolute Gasteiger partial charge is 0.434 e. The van der Waals surface area contributed by atoms with E-state index in [2.05, 4.69) is 15.4 Å². The molecule has 0 aliphatic carbocycles. The lowest BCUT2D eigenvalue weighted by molar-refractivity contribution is -0.140. The van der Waals surface area contributed by atoms with Crippen molar-refractivity contribution in [3.63, 3.8) is 0 Å². The summed E-state index contributed by atoms with van der Waals surface area (Å²) in [5.41, 5.74) is -0.432. The van der Waals surface area contributed by atoms with Crippen molar-refractivity contribution in [3.8, 4) is 5.69 Å². The smallest absolute Gasteiger partial charge is 0.298 e. The van der Waals surface area contributed by atoms with Crippen LogP contribution < -0.4 is 5.32 Å². The summed E-state index contributed by atoms with van der Waals surface area (Å²) in [6, 6.07) is 5.25. The number of thiazole rings is 1. The molecule has 0 aliphatic heterocycles. The molecule has 11 heteroatoms.